The molecule has 0 fully saturated rings. The Morgan fingerprint density at radius 2 is 0.350 bits per heavy atom. The van der Waals surface area contributed by atoms with Gasteiger partial charge in [-0.25, -0.2) is 0 Å². The number of rotatable bonds is 6. The van der Waals surface area contributed by atoms with Crippen LogP contribution in [-0.2, 0) is 28.8 Å². The summed E-state index contributed by atoms with van der Waals surface area (Å²) < 4.78 is 0. The number of carbonyl (C=O) groups excluding carboxylic acids is 6. The summed E-state index contributed by atoms with van der Waals surface area (Å²) in [5.74, 6) is -0.625. The van der Waals surface area contributed by atoms with Crippen LogP contribution in [0.15, 0.2) is 0 Å². The smallest absolute Gasteiger partial charge is 0.333 e. The molecule has 0 aliphatic carbocycles. The summed E-state index contributed by atoms with van der Waals surface area (Å²) in [5, 5.41) is 0. The molecular formula is C33H57GdO6. The van der Waals surface area contributed by atoms with Crippen LogP contribution >= 0.6 is 0 Å². The Morgan fingerprint density at radius 1 is 0.275 bits per heavy atom. The summed E-state index contributed by atoms with van der Waals surface area (Å²) in [6.45, 7) is 32.5. The molecular weight excluding hydrogens is 650 g/mol. The summed E-state index contributed by atoms with van der Waals surface area (Å²) in [4.78, 5) is 68.7. The van der Waals surface area contributed by atoms with Crippen molar-refractivity contribution >= 4 is 34.7 Å². The Hall–Kier alpha value is -1.05. The van der Waals surface area contributed by atoms with Gasteiger partial charge in [0.2, 0.25) is 0 Å². The van der Waals surface area contributed by atoms with Crippen molar-refractivity contribution in [3.8, 4) is 0 Å². The van der Waals surface area contributed by atoms with E-state index in [9.17, 15) is 28.8 Å². The first-order chi connectivity index (χ1) is 16.6. The zero-order chi connectivity index (χ0) is 32.6. The van der Waals surface area contributed by atoms with E-state index < -0.39 is 32.5 Å². The SMILES string of the molecule is CC(C)(C)C(=O)[CH-]C(=O)C(C)(C)C.CC(C)(C)C(=O)[CH-]C(=O)C(C)(C)C.CC(C)(C)C(=O)[CH-]C(=O)C(C)(C)C.[Gd+3]. The fraction of sp³-hybridized carbons (Fsp3) is 0.727. The molecule has 0 bridgehead atoms. The molecule has 0 spiro atoms. The van der Waals surface area contributed by atoms with Crippen molar-refractivity contribution in [3.05, 3.63) is 19.3 Å². The van der Waals surface area contributed by atoms with Gasteiger partial charge in [-0.05, 0) is 32.5 Å². The first-order valence-electron chi connectivity index (χ1n) is 13.5. The van der Waals surface area contributed by atoms with Crippen LogP contribution in [-0.4, -0.2) is 34.7 Å². The van der Waals surface area contributed by atoms with Gasteiger partial charge in [-0.1, -0.05) is 125 Å². The Labute approximate surface area is 278 Å². The monoisotopic (exact) mass is 707 g/mol. The number of ketones is 6. The van der Waals surface area contributed by atoms with Gasteiger partial charge < -0.3 is 28.8 Å². The molecule has 0 atom stereocenters. The Morgan fingerprint density at radius 3 is 0.400 bits per heavy atom. The number of Topliss-reactive ketones (excluding diaryl/α,β-unsaturated/α-hetero) is 6. The molecule has 0 heterocycles. The van der Waals surface area contributed by atoms with Crippen LogP contribution < -0.4 is 0 Å². The normalized spacial score (nSPS) is 12.2. The molecule has 0 aliphatic heterocycles. The zero-order valence-electron chi connectivity index (χ0n) is 28.5. The molecule has 0 saturated carbocycles. The Kier molecular flexibility index (Phi) is 19.0. The molecule has 40 heavy (non-hydrogen) atoms. The van der Waals surface area contributed by atoms with Crippen molar-refractivity contribution in [1.82, 2.24) is 0 Å². The molecule has 233 valence electrons. The van der Waals surface area contributed by atoms with E-state index >= 15 is 0 Å². The molecule has 6 nitrogen and oxygen atoms in total. The number of hydrogen-bond acceptors (Lipinski definition) is 6. The van der Waals surface area contributed by atoms with Crippen LogP contribution in [0.3, 0.4) is 0 Å². The molecule has 0 rings (SSSR count). The predicted molar refractivity (Wildman–Crippen MR) is 160 cm³/mol. The van der Waals surface area contributed by atoms with Gasteiger partial charge in [0.1, 0.15) is 0 Å². The van der Waals surface area contributed by atoms with Crippen LogP contribution in [0.2, 0.25) is 0 Å². The summed E-state index contributed by atoms with van der Waals surface area (Å²) in [7, 11) is 0. The van der Waals surface area contributed by atoms with E-state index in [1.54, 1.807) is 0 Å². The Bertz CT molecular complexity index is 693. The van der Waals surface area contributed by atoms with Crippen molar-refractivity contribution in [1.29, 1.82) is 0 Å². The van der Waals surface area contributed by atoms with Crippen molar-refractivity contribution in [2.45, 2.75) is 125 Å². The largest absolute Gasteiger partial charge is 3.00 e. The van der Waals surface area contributed by atoms with Crippen LogP contribution in [0.5, 0.6) is 0 Å². The van der Waals surface area contributed by atoms with Crippen molar-refractivity contribution in [2.75, 3.05) is 0 Å². The quantitative estimate of drug-likeness (QED) is 0.213. The van der Waals surface area contributed by atoms with Crippen LogP contribution in [0.4, 0.5) is 0 Å². The zero-order valence-corrected chi connectivity index (χ0v) is 30.8. The fourth-order valence-corrected chi connectivity index (χ4v) is 1.66. The molecule has 0 N–H and O–H groups in total. The maximum Gasteiger partial charge on any atom is 3.00 e. The Balaban J connectivity index is -0.000000240. The van der Waals surface area contributed by atoms with Crippen LogP contribution in [0, 0.1) is 91.7 Å². The first-order valence-corrected chi connectivity index (χ1v) is 13.5. The molecule has 1 radical (unpaired) electrons. The van der Waals surface area contributed by atoms with Gasteiger partial charge in [0.25, 0.3) is 0 Å². The molecule has 0 amide bonds. The summed E-state index contributed by atoms with van der Waals surface area (Å²) in [6.07, 6.45) is 3.67. The molecule has 0 aromatic carbocycles. The van der Waals surface area contributed by atoms with E-state index in [0.29, 0.717) is 0 Å². The fourth-order valence-electron chi connectivity index (χ4n) is 1.66. The van der Waals surface area contributed by atoms with Gasteiger partial charge in [-0.15, -0.1) is 0 Å². The van der Waals surface area contributed by atoms with Gasteiger partial charge in [0, 0.05) is 34.7 Å². The van der Waals surface area contributed by atoms with E-state index in [2.05, 4.69) is 0 Å². The number of carbonyl (C=O) groups is 6. The second kappa shape index (κ2) is 16.6. The topological polar surface area (TPSA) is 102 Å². The average molecular weight is 707 g/mol. The van der Waals surface area contributed by atoms with Gasteiger partial charge in [-0.3, -0.25) is 19.3 Å². The maximum atomic E-state index is 11.4. The van der Waals surface area contributed by atoms with Crippen molar-refractivity contribution in [3.63, 3.8) is 0 Å². The van der Waals surface area contributed by atoms with Gasteiger partial charge >= 0.3 is 39.9 Å². The maximum absolute atomic E-state index is 11.4. The minimum atomic E-state index is -0.457. The van der Waals surface area contributed by atoms with Crippen molar-refractivity contribution < 1.29 is 68.7 Å². The van der Waals surface area contributed by atoms with E-state index in [-0.39, 0.29) is 74.6 Å². The van der Waals surface area contributed by atoms with Crippen LogP contribution in [0.1, 0.15) is 125 Å². The summed E-state index contributed by atoms with van der Waals surface area (Å²) in [6, 6.07) is 0. The van der Waals surface area contributed by atoms with E-state index in [4.69, 9.17) is 0 Å². The minimum absolute atomic E-state index is 0. The van der Waals surface area contributed by atoms with Gasteiger partial charge in [0.05, 0.1) is 0 Å². The molecule has 7 heteroatoms. The average Bonchev–Trinajstić information content (AvgIpc) is 2.64. The summed E-state index contributed by atoms with van der Waals surface area (Å²) in [5.41, 5.74) is -2.74. The molecule has 0 aromatic heterocycles. The van der Waals surface area contributed by atoms with Crippen molar-refractivity contribution in [2.24, 2.45) is 32.5 Å². The standard InChI is InChI=1S/3C11H19O2.Gd/c3*1-10(2,3)8(12)7-9(13)11(4,5)6;/h3*7H,1-6H3;/q3*-1;+3. The predicted octanol–water partition coefficient (Wildman–Crippen LogP) is 7.26. The molecule has 0 unspecified atom stereocenters. The first kappa shape index (κ1) is 45.9. The molecule has 0 aliphatic rings. The second-order valence-electron chi connectivity index (χ2n) is 16.1. The third-order valence-corrected chi connectivity index (χ3v) is 5.22. The van der Waals surface area contributed by atoms with Gasteiger partial charge in [-0.2, -0.15) is 0 Å². The van der Waals surface area contributed by atoms with E-state index in [1.165, 1.54) is 19.3 Å². The molecule has 0 saturated heterocycles. The van der Waals surface area contributed by atoms with E-state index in [1.807, 2.05) is 125 Å². The van der Waals surface area contributed by atoms with Crippen LogP contribution in [0.25, 0.3) is 0 Å². The minimum Gasteiger partial charge on any atom is -0.333 e. The second-order valence-corrected chi connectivity index (χ2v) is 16.1. The summed E-state index contributed by atoms with van der Waals surface area (Å²) >= 11 is 0. The molecule has 0 aromatic rings. The van der Waals surface area contributed by atoms with Gasteiger partial charge in [0.15, 0.2) is 0 Å². The number of hydrogen-bond donors (Lipinski definition) is 0. The third-order valence-electron chi connectivity index (χ3n) is 5.22. The third kappa shape index (κ3) is 21.7. The van der Waals surface area contributed by atoms with E-state index in [0.717, 1.165) is 0 Å².